The van der Waals surface area contributed by atoms with Crippen molar-refractivity contribution >= 4 is 23.6 Å². The highest BCUT2D eigenvalue weighted by Crippen LogP contribution is 2.28. The Morgan fingerprint density at radius 2 is 1.76 bits per heavy atom. The summed E-state index contributed by atoms with van der Waals surface area (Å²) in [6, 6.07) is 12.1. The van der Waals surface area contributed by atoms with Gasteiger partial charge in [0.15, 0.2) is 17.6 Å². The Labute approximate surface area is 170 Å². The van der Waals surface area contributed by atoms with Gasteiger partial charge in [-0.25, -0.2) is 4.79 Å². The van der Waals surface area contributed by atoms with E-state index in [0.29, 0.717) is 29.5 Å². The van der Waals surface area contributed by atoms with Crippen molar-refractivity contribution in [1.82, 2.24) is 0 Å². The van der Waals surface area contributed by atoms with E-state index in [2.05, 4.69) is 5.32 Å². The molecule has 0 aliphatic heterocycles. The molecule has 2 rings (SSSR count). The van der Waals surface area contributed by atoms with E-state index in [-0.39, 0.29) is 0 Å². The number of amides is 1. The summed E-state index contributed by atoms with van der Waals surface area (Å²) in [6.07, 6.45) is 1.89. The van der Waals surface area contributed by atoms with Crippen LogP contribution < -0.4 is 19.5 Å². The maximum absolute atomic E-state index is 12.2. The van der Waals surface area contributed by atoms with Gasteiger partial charge in [0.1, 0.15) is 5.75 Å². The fourth-order valence-electron chi connectivity index (χ4n) is 2.41. The van der Waals surface area contributed by atoms with Gasteiger partial charge in [-0.3, -0.25) is 4.79 Å². The average Bonchev–Trinajstić information content (AvgIpc) is 2.73. The molecule has 1 amide bonds. The molecule has 0 unspecified atom stereocenters. The fraction of sp³-hybridized carbons (Fsp3) is 0.273. The van der Waals surface area contributed by atoms with Crippen molar-refractivity contribution in [2.45, 2.75) is 20.0 Å². The van der Waals surface area contributed by atoms with Crippen LogP contribution in [0.25, 0.3) is 6.08 Å². The van der Waals surface area contributed by atoms with Gasteiger partial charge in [0.05, 0.1) is 20.8 Å². The molecule has 1 N–H and O–H groups in total. The summed E-state index contributed by atoms with van der Waals surface area (Å²) in [4.78, 5) is 24.2. The third-order valence-corrected chi connectivity index (χ3v) is 3.92. The third kappa shape index (κ3) is 6.57. The molecule has 0 saturated carbocycles. The number of carbonyl (C=O) groups is 2. The molecule has 7 heteroatoms. The summed E-state index contributed by atoms with van der Waals surface area (Å²) < 4.78 is 21.0. The van der Waals surface area contributed by atoms with Crippen molar-refractivity contribution in [2.24, 2.45) is 0 Å². The standard InChI is InChI=1S/C22H25NO6/c1-5-28-20-14-16(6-12-19(20)27-4)7-13-21(24)29-15(2)22(25)23-17-8-10-18(26-3)11-9-17/h6-15H,5H2,1-4H3,(H,23,25)/b13-7+/t15-/m1/s1. The van der Waals surface area contributed by atoms with Crippen molar-refractivity contribution in [3.8, 4) is 17.2 Å². The molecular formula is C22H25NO6. The lowest BCUT2D eigenvalue weighted by Gasteiger charge is -2.12. The number of ether oxygens (including phenoxy) is 4. The van der Waals surface area contributed by atoms with Crippen LogP contribution in [0.5, 0.6) is 17.2 Å². The van der Waals surface area contributed by atoms with E-state index in [1.807, 2.05) is 6.92 Å². The highest BCUT2D eigenvalue weighted by atomic mass is 16.5. The molecule has 0 bridgehead atoms. The normalized spacial score (nSPS) is 11.6. The number of carbonyl (C=O) groups excluding carboxylic acids is 2. The minimum Gasteiger partial charge on any atom is -0.497 e. The SMILES string of the molecule is CCOc1cc(/C=C/C(=O)O[C@H](C)C(=O)Nc2ccc(OC)cc2)ccc1OC. The maximum atomic E-state index is 12.2. The number of rotatable bonds is 9. The third-order valence-electron chi connectivity index (χ3n) is 3.92. The fourth-order valence-corrected chi connectivity index (χ4v) is 2.41. The Hall–Kier alpha value is -3.48. The Bertz CT molecular complexity index is 860. The lowest BCUT2D eigenvalue weighted by molar-refractivity contribution is -0.148. The summed E-state index contributed by atoms with van der Waals surface area (Å²) in [5, 5.41) is 2.68. The predicted molar refractivity (Wildman–Crippen MR) is 110 cm³/mol. The Balaban J connectivity index is 1.93. The number of hydrogen-bond donors (Lipinski definition) is 1. The Kier molecular flexibility index (Phi) is 8.09. The van der Waals surface area contributed by atoms with Crippen molar-refractivity contribution in [3.63, 3.8) is 0 Å². The zero-order valence-corrected chi connectivity index (χ0v) is 16.9. The second kappa shape index (κ2) is 10.8. The van der Waals surface area contributed by atoms with Crippen LogP contribution in [-0.4, -0.2) is 38.8 Å². The number of methoxy groups -OCH3 is 2. The topological polar surface area (TPSA) is 83.1 Å². The predicted octanol–water partition coefficient (Wildman–Crippen LogP) is 3.69. The second-order valence-electron chi connectivity index (χ2n) is 5.97. The second-order valence-corrected chi connectivity index (χ2v) is 5.97. The van der Waals surface area contributed by atoms with E-state index in [4.69, 9.17) is 18.9 Å². The Morgan fingerprint density at radius 3 is 2.38 bits per heavy atom. The van der Waals surface area contributed by atoms with Crippen LogP contribution in [0.1, 0.15) is 19.4 Å². The molecule has 1 atom stereocenters. The Morgan fingerprint density at radius 1 is 1.03 bits per heavy atom. The lowest BCUT2D eigenvalue weighted by Crippen LogP contribution is -2.29. The van der Waals surface area contributed by atoms with Crippen LogP contribution in [0, 0.1) is 0 Å². The molecule has 29 heavy (non-hydrogen) atoms. The summed E-state index contributed by atoms with van der Waals surface area (Å²) >= 11 is 0. The molecular weight excluding hydrogens is 374 g/mol. The first-order valence-electron chi connectivity index (χ1n) is 9.11. The van der Waals surface area contributed by atoms with Crippen LogP contribution in [0.2, 0.25) is 0 Å². The quantitative estimate of drug-likeness (QED) is 0.512. The average molecular weight is 399 g/mol. The van der Waals surface area contributed by atoms with Gasteiger partial charge >= 0.3 is 5.97 Å². The molecule has 0 aliphatic rings. The molecule has 0 aliphatic carbocycles. The van der Waals surface area contributed by atoms with E-state index < -0.39 is 18.0 Å². The number of hydrogen-bond acceptors (Lipinski definition) is 6. The zero-order chi connectivity index (χ0) is 21.2. The van der Waals surface area contributed by atoms with E-state index in [9.17, 15) is 9.59 Å². The first-order chi connectivity index (χ1) is 14.0. The highest BCUT2D eigenvalue weighted by Gasteiger charge is 2.16. The van der Waals surface area contributed by atoms with E-state index in [0.717, 1.165) is 5.56 Å². The van der Waals surface area contributed by atoms with Gasteiger partial charge < -0.3 is 24.3 Å². The van der Waals surface area contributed by atoms with Crippen LogP contribution in [0.15, 0.2) is 48.5 Å². The molecule has 0 aromatic heterocycles. The van der Waals surface area contributed by atoms with E-state index in [1.165, 1.54) is 13.0 Å². The number of anilines is 1. The van der Waals surface area contributed by atoms with Crippen molar-refractivity contribution in [3.05, 3.63) is 54.1 Å². The number of benzene rings is 2. The number of esters is 1. The molecule has 0 heterocycles. The number of nitrogens with one attached hydrogen (secondary N) is 1. The van der Waals surface area contributed by atoms with Gasteiger partial charge in [-0.15, -0.1) is 0 Å². The lowest BCUT2D eigenvalue weighted by atomic mass is 10.2. The van der Waals surface area contributed by atoms with Gasteiger partial charge in [-0.1, -0.05) is 6.07 Å². The zero-order valence-electron chi connectivity index (χ0n) is 16.9. The molecule has 7 nitrogen and oxygen atoms in total. The molecule has 0 radical (unpaired) electrons. The summed E-state index contributed by atoms with van der Waals surface area (Å²) in [6.45, 7) is 3.87. The minimum atomic E-state index is -0.955. The molecule has 0 spiro atoms. The van der Waals surface area contributed by atoms with Crippen LogP contribution in [0.4, 0.5) is 5.69 Å². The summed E-state index contributed by atoms with van der Waals surface area (Å²) in [5.41, 5.74) is 1.32. The van der Waals surface area contributed by atoms with Gasteiger partial charge in [0.2, 0.25) is 0 Å². The molecule has 0 saturated heterocycles. The maximum Gasteiger partial charge on any atom is 0.331 e. The van der Waals surface area contributed by atoms with Crippen LogP contribution in [-0.2, 0) is 14.3 Å². The van der Waals surface area contributed by atoms with Crippen molar-refractivity contribution < 1.29 is 28.5 Å². The highest BCUT2D eigenvalue weighted by molar-refractivity contribution is 5.96. The van der Waals surface area contributed by atoms with Crippen LogP contribution >= 0.6 is 0 Å². The van der Waals surface area contributed by atoms with E-state index in [1.54, 1.807) is 62.8 Å². The monoisotopic (exact) mass is 399 g/mol. The van der Waals surface area contributed by atoms with Gasteiger partial charge in [-0.2, -0.15) is 0 Å². The van der Waals surface area contributed by atoms with Crippen molar-refractivity contribution in [2.75, 3.05) is 26.1 Å². The summed E-state index contributed by atoms with van der Waals surface area (Å²) in [5.74, 6) is 0.808. The first kappa shape index (κ1) is 21.8. The van der Waals surface area contributed by atoms with Gasteiger partial charge in [0, 0.05) is 11.8 Å². The van der Waals surface area contributed by atoms with Gasteiger partial charge in [-0.05, 0) is 61.9 Å². The van der Waals surface area contributed by atoms with Gasteiger partial charge in [0.25, 0.3) is 5.91 Å². The van der Waals surface area contributed by atoms with Crippen molar-refractivity contribution in [1.29, 1.82) is 0 Å². The minimum absolute atomic E-state index is 0.431. The van der Waals surface area contributed by atoms with E-state index >= 15 is 0 Å². The first-order valence-corrected chi connectivity index (χ1v) is 9.11. The summed E-state index contributed by atoms with van der Waals surface area (Å²) in [7, 11) is 3.12. The molecule has 2 aromatic carbocycles. The molecule has 154 valence electrons. The molecule has 2 aromatic rings. The smallest absolute Gasteiger partial charge is 0.331 e. The largest absolute Gasteiger partial charge is 0.497 e. The van der Waals surface area contributed by atoms with Crippen LogP contribution in [0.3, 0.4) is 0 Å². The molecule has 0 fully saturated rings.